The van der Waals surface area contributed by atoms with Crippen LogP contribution in [-0.4, -0.2) is 5.71 Å². The summed E-state index contributed by atoms with van der Waals surface area (Å²) in [4.78, 5) is 0. The van der Waals surface area contributed by atoms with Crippen LogP contribution in [0.1, 0.15) is 56.1 Å². The highest BCUT2D eigenvalue weighted by Crippen LogP contribution is 2.55. The number of allylic oxidation sites excluding steroid dienone is 2. The third-order valence-electron chi connectivity index (χ3n) is 5.89. The van der Waals surface area contributed by atoms with Crippen molar-refractivity contribution in [3.05, 3.63) is 47.0 Å². The molecule has 4 heteroatoms. The lowest BCUT2D eigenvalue weighted by Crippen LogP contribution is -2.48. The normalized spacial score (nSPS) is 26.8. The highest BCUT2D eigenvalue weighted by Gasteiger charge is 2.57. The van der Waals surface area contributed by atoms with E-state index < -0.39 is 17.3 Å². The Morgan fingerprint density at radius 2 is 1.77 bits per heavy atom. The summed E-state index contributed by atoms with van der Waals surface area (Å²) in [7, 11) is 0. The van der Waals surface area contributed by atoms with E-state index in [0.717, 1.165) is 30.4 Å². The van der Waals surface area contributed by atoms with Gasteiger partial charge in [0.25, 0.3) is 0 Å². The predicted molar refractivity (Wildman–Crippen MR) is 99.2 cm³/mol. The molecule has 4 nitrogen and oxygen atoms in total. The van der Waals surface area contributed by atoms with Gasteiger partial charge in [-0.15, -0.1) is 0 Å². The van der Waals surface area contributed by atoms with Crippen molar-refractivity contribution in [3.8, 4) is 18.2 Å². The monoisotopic (exact) mass is 342 g/mol. The van der Waals surface area contributed by atoms with Gasteiger partial charge in [0.2, 0.25) is 0 Å². The molecule has 130 valence electrons. The number of nitrogens with zero attached hydrogens (tertiary/aromatic N) is 3. The van der Waals surface area contributed by atoms with E-state index in [0.29, 0.717) is 5.92 Å². The summed E-state index contributed by atoms with van der Waals surface area (Å²) in [5.74, 6) is -0.793. The van der Waals surface area contributed by atoms with Gasteiger partial charge in [-0.25, -0.2) is 0 Å². The van der Waals surface area contributed by atoms with Gasteiger partial charge < -0.3 is 5.41 Å². The maximum atomic E-state index is 9.95. The van der Waals surface area contributed by atoms with Gasteiger partial charge in [0.05, 0.1) is 23.9 Å². The van der Waals surface area contributed by atoms with Crippen molar-refractivity contribution in [3.63, 3.8) is 0 Å². The fourth-order valence-corrected chi connectivity index (χ4v) is 4.47. The quantitative estimate of drug-likeness (QED) is 0.780. The van der Waals surface area contributed by atoms with Crippen LogP contribution >= 0.6 is 0 Å². The van der Waals surface area contributed by atoms with Crippen molar-refractivity contribution in [1.82, 2.24) is 0 Å². The smallest absolute Gasteiger partial charge is 0.189 e. The van der Waals surface area contributed by atoms with Crippen LogP contribution in [0.5, 0.6) is 0 Å². The van der Waals surface area contributed by atoms with Gasteiger partial charge in [0.1, 0.15) is 5.92 Å². The molecule has 26 heavy (non-hydrogen) atoms. The SMILES string of the molecule is CC(C)c1ccc([C@H]2[C@@H]3CCCC=C3C(C#N)C(=N)C2(C#N)C#N)cc1. The summed E-state index contributed by atoms with van der Waals surface area (Å²) in [6.07, 6.45) is 4.78. The molecular formula is C22H22N4. The van der Waals surface area contributed by atoms with Gasteiger partial charge in [-0.3, -0.25) is 0 Å². The van der Waals surface area contributed by atoms with Gasteiger partial charge >= 0.3 is 0 Å². The number of rotatable bonds is 2. The maximum absolute atomic E-state index is 9.95. The molecule has 3 atom stereocenters. The molecule has 1 fully saturated rings. The zero-order valence-electron chi connectivity index (χ0n) is 15.2. The van der Waals surface area contributed by atoms with Crippen LogP contribution in [-0.2, 0) is 0 Å². The zero-order valence-corrected chi connectivity index (χ0v) is 15.2. The van der Waals surface area contributed by atoms with Crippen molar-refractivity contribution in [2.75, 3.05) is 0 Å². The minimum absolute atomic E-state index is 0.0355. The summed E-state index contributed by atoms with van der Waals surface area (Å²) in [6, 6.07) is 14.5. The Labute approximate surface area is 154 Å². The highest BCUT2D eigenvalue weighted by molar-refractivity contribution is 6.00. The molecule has 0 spiro atoms. The summed E-state index contributed by atoms with van der Waals surface area (Å²) in [5, 5.41) is 38.1. The van der Waals surface area contributed by atoms with Crippen LogP contribution in [0.3, 0.4) is 0 Å². The van der Waals surface area contributed by atoms with Crippen LogP contribution < -0.4 is 0 Å². The molecule has 0 saturated heterocycles. The van der Waals surface area contributed by atoms with Crippen LogP contribution in [0.4, 0.5) is 0 Å². The Kier molecular flexibility index (Phi) is 4.67. The molecule has 3 rings (SSSR count). The van der Waals surface area contributed by atoms with E-state index in [1.165, 1.54) is 5.56 Å². The fraction of sp³-hybridized carbons (Fsp3) is 0.455. The lowest BCUT2D eigenvalue weighted by molar-refractivity contribution is 0.320. The van der Waals surface area contributed by atoms with Gasteiger partial charge in [-0.2, -0.15) is 15.8 Å². The molecule has 2 aliphatic carbocycles. The van der Waals surface area contributed by atoms with E-state index >= 15 is 0 Å². The first kappa shape index (κ1) is 17.9. The highest BCUT2D eigenvalue weighted by atomic mass is 14.6. The van der Waals surface area contributed by atoms with Crippen molar-refractivity contribution in [2.24, 2.45) is 17.3 Å². The van der Waals surface area contributed by atoms with Crippen LogP contribution in [0.25, 0.3) is 0 Å². The Balaban J connectivity index is 2.19. The molecule has 1 unspecified atom stereocenters. The Hall–Kier alpha value is -2.90. The molecular weight excluding hydrogens is 320 g/mol. The number of benzene rings is 1. The molecule has 0 bridgehead atoms. The zero-order chi connectivity index (χ0) is 18.9. The topological polar surface area (TPSA) is 95.2 Å². The van der Waals surface area contributed by atoms with Crippen LogP contribution in [0.15, 0.2) is 35.9 Å². The molecule has 0 amide bonds. The number of hydrogen-bond acceptors (Lipinski definition) is 4. The summed E-state index contributed by atoms with van der Waals surface area (Å²) in [6.45, 7) is 4.25. The maximum Gasteiger partial charge on any atom is 0.189 e. The molecule has 0 heterocycles. The lowest BCUT2D eigenvalue weighted by Gasteiger charge is -2.45. The van der Waals surface area contributed by atoms with E-state index in [2.05, 4.69) is 38.1 Å². The van der Waals surface area contributed by atoms with E-state index in [-0.39, 0.29) is 11.6 Å². The van der Waals surface area contributed by atoms with Crippen molar-refractivity contribution in [2.45, 2.75) is 44.9 Å². The van der Waals surface area contributed by atoms with Gasteiger partial charge in [-0.05, 0) is 47.8 Å². The average Bonchev–Trinajstić information content (AvgIpc) is 2.67. The van der Waals surface area contributed by atoms with E-state index in [1.54, 1.807) is 0 Å². The molecule has 2 aliphatic rings. The second kappa shape index (κ2) is 6.78. The molecule has 1 aromatic rings. The van der Waals surface area contributed by atoms with Crippen molar-refractivity contribution < 1.29 is 0 Å². The number of nitriles is 3. The van der Waals surface area contributed by atoms with Crippen LogP contribution in [0, 0.1) is 56.7 Å². The van der Waals surface area contributed by atoms with Crippen molar-refractivity contribution >= 4 is 5.71 Å². The Morgan fingerprint density at radius 3 is 2.31 bits per heavy atom. The third-order valence-corrected chi connectivity index (χ3v) is 5.89. The first-order chi connectivity index (χ1) is 12.5. The fourth-order valence-electron chi connectivity index (χ4n) is 4.47. The molecule has 1 N–H and O–H groups in total. The van der Waals surface area contributed by atoms with Crippen molar-refractivity contribution in [1.29, 1.82) is 21.2 Å². The second-order valence-electron chi connectivity index (χ2n) is 7.55. The predicted octanol–water partition coefficient (Wildman–Crippen LogP) is 4.83. The largest absolute Gasteiger partial charge is 0.305 e. The minimum Gasteiger partial charge on any atom is -0.305 e. The second-order valence-corrected chi connectivity index (χ2v) is 7.55. The van der Waals surface area contributed by atoms with Gasteiger partial charge in [-0.1, -0.05) is 44.2 Å². The minimum atomic E-state index is -1.58. The average molecular weight is 342 g/mol. The van der Waals surface area contributed by atoms with Crippen LogP contribution in [0.2, 0.25) is 0 Å². The van der Waals surface area contributed by atoms with E-state index in [9.17, 15) is 15.8 Å². The molecule has 0 aliphatic heterocycles. The molecule has 0 aromatic heterocycles. The van der Waals surface area contributed by atoms with Gasteiger partial charge in [0.15, 0.2) is 5.41 Å². The van der Waals surface area contributed by atoms with E-state index in [1.807, 2.05) is 24.3 Å². The molecule has 1 aromatic carbocycles. The molecule has 1 saturated carbocycles. The molecule has 0 radical (unpaired) electrons. The first-order valence-electron chi connectivity index (χ1n) is 9.11. The Bertz CT molecular complexity index is 857. The Morgan fingerprint density at radius 1 is 1.12 bits per heavy atom. The number of nitrogens with one attached hydrogen (secondary N) is 1. The van der Waals surface area contributed by atoms with Gasteiger partial charge in [0, 0.05) is 5.92 Å². The number of hydrogen-bond donors (Lipinski definition) is 1. The van der Waals surface area contributed by atoms with E-state index in [4.69, 9.17) is 5.41 Å². The summed E-state index contributed by atoms with van der Waals surface area (Å²) < 4.78 is 0. The third kappa shape index (κ3) is 2.53. The summed E-state index contributed by atoms with van der Waals surface area (Å²) in [5.41, 5.74) is 1.40. The lowest BCUT2D eigenvalue weighted by atomic mass is 9.53. The first-order valence-corrected chi connectivity index (χ1v) is 9.11. The number of fused-ring (bicyclic) bond motifs is 1. The summed E-state index contributed by atoms with van der Waals surface area (Å²) >= 11 is 0. The standard InChI is InChI=1S/C22H22N4/c1-14(2)15-7-9-16(10-8-15)20-18-6-4-3-5-17(18)19(11-23)21(26)22(20,12-24)13-25/h5,7-10,14,18-20,26H,3-4,6H2,1-2H3/t18-,19?,20+/m1/s1.